The molecule has 1 aromatic heterocycles. The van der Waals surface area contributed by atoms with Crippen LogP contribution >= 0.6 is 0 Å². The Balaban J connectivity index is 1.83. The normalized spacial score (nSPS) is 11.1. The van der Waals surface area contributed by atoms with E-state index in [1.54, 1.807) is 0 Å². The van der Waals surface area contributed by atoms with E-state index >= 15 is 0 Å². The van der Waals surface area contributed by atoms with E-state index in [9.17, 15) is 0 Å². The number of aromatic nitrogens is 2. The smallest absolute Gasteiger partial charge is 0.103 e. The molecule has 1 aromatic carbocycles. The molecule has 0 saturated heterocycles. The van der Waals surface area contributed by atoms with E-state index in [0.717, 1.165) is 24.6 Å². The average molecular weight is 243 g/mol. The van der Waals surface area contributed by atoms with Crippen molar-refractivity contribution < 1.29 is 0 Å². The van der Waals surface area contributed by atoms with Gasteiger partial charge < -0.3 is 10.3 Å². The molecular weight excluding hydrogens is 222 g/mol. The quantitative estimate of drug-likeness (QED) is 0.847. The molecule has 0 bridgehead atoms. The second-order valence-electron chi connectivity index (χ2n) is 4.99. The highest BCUT2D eigenvalue weighted by molar-refractivity contribution is 5.24. The average Bonchev–Trinajstić information content (AvgIpc) is 2.76. The van der Waals surface area contributed by atoms with Crippen LogP contribution in [0.5, 0.6) is 0 Å². The summed E-state index contributed by atoms with van der Waals surface area (Å²) in [5.74, 6) is 1.56. The number of aromatic amines is 1. The molecule has 3 nitrogen and oxygen atoms in total. The Morgan fingerprint density at radius 1 is 1.17 bits per heavy atom. The number of hydrogen-bond acceptors (Lipinski definition) is 2. The molecule has 0 atom stereocenters. The Bertz CT molecular complexity index is 483. The molecule has 0 saturated carbocycles. The van der Waals surface area contributed by atoms with Crippen LogP contribution in [-0.2, 0) is 13.1 Å². The molecule has 2 aromatic rings. The minimum atomic E-state index is 0.597. The van der Waals surface area contributed by atoms with Crippen molar-refractivity contribution in [1.82, 2.24) is 15.3 Å². The molecule has 96 valence electrons. The summed E-state index contributed by atoms with van der Waals surface area (Å²) < 4.78 is 0. The van der Waals surface area contributed by atoms with E-state index in [-0.39, 0.29) is 0 Å². The third-order valence-corrected chi connectivity index (χ3v) is 3.05. The molecule has 1 heterocycles. The lowest BCUT2D eigenvalue weighted by Gasteiger charge is -2.07. The van der Waals surface area contributed by atoms with E-state index in [0.29, 0.717) is 5.92 Å². The van der Waals surface area contributed by atoms with Crippen LogP contribution in [0.3, 0.4) is 0 Å². The zero-order valence-corrected chi connectivity index (χ0v) is 11.3. The van der Waals surface area contributed by atoms with Gasteiger partial charge in [-0.1, -0.05) is 38.1 Å². The summed E-state index contributed by atoms with van der Waals surface area (Å²) in [5.41, 5.74) is 3.84. The first-order chi connectivity index (χ1) is 8.65. The predicted octanol–water partition coefficient (Wildman–Crippen LogP) is 3.13. The van der Waals surface area contributed by atoms with E-state index in [4.69, 9.17) is 0 Å². The van der Waals surface area contributed by atoms with Crippen molar-refractivity contribution in [3.63, 3.8) is 0 Å². The number of hydrogen-bond donors (Lipinski definition) is 2. The summed E-state index contributed by atoms with van der Waals surface area (Å²) in [4.78, 5) is 7.39. The van der Waals surface area contributed by atoms with Crippen molar-refractivity contribution in [3.8, 4) is 0 Å². The highest BCUT2D eigenvalue weighted by Gasteiger charge is 2.00. The number of nitrogens with zero attached hydrogens (tertiary/aromatic N) is 1. The van der Waals surface area contributed by atoms with Crippen LogP contribution in [0.1, 0.15) is 42.4 Å². The predicted molar refractivity (Wildman–Crippen MR) is 74.4 cm³/mol. The molecule has 0 aliphatic heterocycles. The van der Waals surface area contributed by atoms with Gasteiger partial charge in [0.1, 0.15) is 5.82 Å². The van der Waals surface area contributed by atoms with Gasteiger partial charge in [0.25, 0.3) is 0 Å². The van der Waals surface area contributed by atoms with Gasteiger partial charge in [-0.2, -0.15) is 0 Å². The Hall–Kier alpha value is -1.61. The maximum Gasteiger partial charge on any atom is 0.103 e. The lowest BCUT2D eigenvalue weighted by atomic mass is 10.0. The van der Waals surface area contributed by atoms with Crippen LogP contribution < -0.4 is 5.32 Å². The molecule has 18 heavy (non-hydrogen) atoms. The highest BCUT2D eigenvalue weighted by Crippen LogP contribution is 2.14. The van der Waals surface area contributed by atoms with Gasteiger partial charge in [0.15, 0.2) is 0 Å². The summed E-state index contributed by atoms with van der Waals surface area (Å²) in [6.07, 6.45) is 1.88. The van der Waals surface area contributed by atoms with Crippen molar-refractivity contribution in [2.24, 2.45) is 0 Å². The topological polar surface area (TPSA) is 40.7 Å². The molecule has 2 N–H and O–H groups in total. The second kappa shape index (κ2) is 5.83. The largest absolute Gasteiger partial charge is 0.345 e. The molecule has 2 rings (SSSR count). The maximum absolute atomic E-state index is 4.18. The minimum Gasteiger partial charge on any atom is -0.345 e. The van der Waals surface area contributed by atoms with Gasteiger partial charge in [-0.05, 0) is 24.0 Å². The van der Waals surface area contributed by atoms with E-state index in [1.165, 1.54) is 11.1 Å². The Kier molecular flexibility index (Phi) is 4.15. The van der Waals surface area contributed by atoms with Gasteiger partial charge in [-0.15, -0.1) is 0 Å². The first-order valence-corrected chi connectivity index (χ1v) is 6.45. The number of aryl methyl sites for hydroxylation is 1. The Morgan fingerprint density at radius 3 is 2.44 bits per heavy atom. The van der Waals surface area contributed by atoms with Crippen LogP contribution in [-0.4, -0.2) is 9.97 Å². The van der Waals surface area contributed by atoms with Crippen LogP contribution in [0.4, 0.5) is 0 Å². The first-order valence-electron chi connectivity index (χ1n) is 6.45. The van der Waals surface area contributed by atoms with Crippen molar-refractivity contribution >= 4 is 0 Å². The molecule has 0 spiro atoms. The lowest BCUT2D eigenvalue weighted by Crippen LogP contribution is -2.12. The van der Waals surface area contributed by atoms with Gasteiger partial charge >= 0.3 is 0 Å². The van der Waals surface area contributed by atoms with Gasteiger partial charge in [-0.3, -0.25) is 0 Å². The fraction of sp³-hybridized carbons (Fsp3) is 0.400. The summed E-state index contributed by atoms with van der Waals surface area (Å²) >= 11 is 0. The van der Waals surface area contributed by atoms with Crippen molar-refractivity contribution in [1.29, 1.82) is 0 Å². The Morgan fingerprint density at radius 2 is 1.89 bits per heavy atom. The number of H-pyrrole nitrogens is 1. The van der Waals surface area contributed by atoms with E-state index < -0.39 is 0 Å². The number of nitrogens with one attached hydrogen (secondary N) is 2. The van der Waals surface area contributed by atoms with Gasteiger partial charge in [0, 0.05) is 25.0 Å². The molecule has 0 radical (unpaired) electrons. The summed E-state index contributed by atoms with van der Waals surface area (Å²) in [7, 11) is 0. The van der Waals surface area contributed by atoms with Crippen molar-refractivity contribution in [2.75, 3.05) is 0 Å². The maximum atomic E-state index is 4.18. The van der Waals surface area contributed by atoms with Gasteiger partial charge in [0.2, 0.25) is 0 Å². The van der Waals surface area contributed by atoms with E-state index in [1.807, 2.05) is 13.1 Å². The highest BCUT2D eigenvalue weighted by atomic mass is 15.0. The number of rotatable bonds is 5. The SMILES string of the molecule is Cc1ncc(CNCc2ccc(C(C)C)cc2)[nH]1. The molecular formula is C15H21N3. The minimum absolute atomic E-state index is 0.597. The summed E-state index contributed by atoms with van der Waals surface area (Å²) in [5, 5.41) is 3.41. The second-order valence-corrected chi connectivity index (χ2v) is 4.99. The molecule has 0 aliphatic rings. The van der Waals surface area contributed by atoms with Crippen LogP contribution in [0.25, 0.3) is 0 Å². The van der Waals surface area contributed by atoms with E-state index in [2.05, 4.69) is 53.4 Å². The molecule has 0 aliphatic carbocycles. The fourth-order valence-electron chi connectivity index (χ4n) is 1.92. The zero-order chi connectivity index (χ0) is 13.0. The summed E-state index contributed by atoms with van der Waals surface area (Å²) in [6.45, 7) is 8.11. The molecule has 3 heteroatoms. The van der Waals surface area contributed by atoms with Crippen molar-refractivity contribution in [2.45, 2.75) is 39.8 Å². The number of imidazole rings is 1. The van der Waals surface area contributed by atoms with Gasteiger partial charge in [-0.25, -0.2) is 4.98 Å². The van der Waals surface area contributed by atoms with Crippen LogP contribution in [0.15, 0.2) is 30.5 Å². The van der Waals surface area contributed by atoms with Crippen LogP contribution in [0, 0.1) is 6.92 Å². The fourth-order valence-corrected chi connectivity index (χ4v) is 1.92. The molecule has 0 fully saturated rings. The summed E-state index contributed by atoms with van der Waals surface area (Å²) in [6, 6.07) is 8.81. The molecule has 0 amide bonds. The first kappa shape index (κ1) is 12.8. The monoisotopic (exact) mass is 243 g/mol. The van der Waals surface area contributed by atoms with Crippen molar-refractivity contribution in [3.05, 3.63) is 53.1 Å². The Labute approximate surface area is 109 Å². The third-order valence-electron chi connectivity index (χ3n) is 3.05. The lowest BCUT2D eigenvalue weighted by molar-refractivity contribution is 0.681. The zero-order valence-electron chi connectivity index (χ0n) is 11.3. The standard InChI is InChI=1S/C15H21N3/c1-11(2)14-6-4-13(5-7-14)8-16-9-15-10-17-12(3)18-15/h4-7,10-11,16H,8-9H2,1-3H3,(H,17,18). The van der Waals surface area contributed by atoms with Crippen LogP contribution in [0.2, 0.25) is 0 Å². The number of benzene rings is 1. The van der Waals surface area contributed by atoms with Gasteiger partial charge in [0.05, 0.1) is 0 Å². The molecule has 0 unspecified atom stereocenters. The third kappa shape index (κ3) is 3.44.